The molecule has 1 amide bonds. The minimum Gasteiger partial charge on any atom is -0.490 e. The third-order valence-electron chi connectivity index (χ3n) is 4.22. The summed E-state index contributed by atoms with van der Waals surface area (Å²) < 4.78 is 13.4. The lowest BCUT2D eigenvalue weighted by Gasteiger charge is -2.14. The van der Waals surface area contributed by atoms with E-state index in [1.807, 2.05) is 37.3 Å². The molecule has 5 nitrogen and oxygen atoms in total. The standard InChI is InChI=1S/C23H18Br2Cl2N2O3/c1-2-31-21-9-15(12-28-29-23(30)18-8-7-17(26)10-20(18)27)19(25)11-22(21)32-13-14-3-5-16(24)6-4-14/h3-12H,2,13H2,1H3,(H,29,30)/b28-12-. The van der Waals surface area contributed by atoms with E-state index in [9.17, 15) is 4.79 Å². The van der Waals surface area contributed by atoms with Crippen molar-refractivity contribution < 1.29 is 14.3 Å². The van der Waals surface area contributed by atoms with Gasteiger partial charge in [0.1, 0.15) is 6.61 Å². The van der Waals surface area contributed by atoms with Gasteiger partial charge in [0, 0.05) is 19.5 Å². The molecule has 0 spiro atoms. The molecular weight excluding hydrogens is 583 g/mol. The van der Waals surface area contributed by atoms with Gasteiger partial charge in [0.15, 0.2) is 11.5 Å². The highest BCUT2D eigenvalue weighted by Crippen LogP contribution is 2.34. The number of benzene rings is 3. The Labute approximate surface area is 213 Å². The fourth-order valence-corrected chi connectivity index (χ4v) is 3.85. The van der Waals surface area contributed by atoms with Crippen LogP contribution in [0, 0.1) is 0 Å². The summed E-state index contributed by atoms with van der Waals surface area (Å²) >= 11 is 18.9. The van der Waals surface area contributed by atoms with Crippen LogP contribution in [0.15, 0.2) is 68.6 Å². The highest BCUT2D eigenvalue weighted by atomic mass is 79.9. The average molecular weight is 601 g/mol. The molecule has 166 valence electrons. The summed E-state index contributed by atoms with van der Waals surface area (Å²) in [6.07, 6.45) is 1.51. The van der Waals surface area contributed by atoms with Gasteiger partial charge in [0.05, 0.1) is 23.4 Å². The van der Waals surface area contributed by atoms with Crippen molar-refractivity contribution in [3.63, 3.8) is 0 Å². The predicted octanol–water partition coefficient (Wildman–Crippen LogP) is 7.26. The van der Waals surface area contributed by atoms with Crippen LogP contribution < -0.4 is 14.9 Å². The van der Waals surface area contributed by atoms with E-state index in [1.165, 1.54) is 18.3 Å². The number of carbonyl (C=O) groups excluding carboxylic acids is 1. The maximum atomic E-state index is 12.3. The van der Waals surface area contributed by atoms with Gasteiger partial charge < -0.3 is 9.47 Å². The summed E-state index contributed by atoms with van der Waals surface area (Å²) in [7, 11) is 0. The van der Waals surface area contributed by atoms with E-state index in [0.717, 1.165) is 14.5 Å². The molecule has 0 aliphatic carbocycles. The van der Waals surface area contributed by atoms with Gasteiger partial charge in [-0.25, -0.2) is 5.43 Å². The topological polar surface area (TPSA) is 59.9 Å². The fourth-order valence-electron chi connectivity index (χ4n) is 2.67. The van der Waals surface area contributed by atoms with E-state index in [4.69, 9.17) is 32.7 Å². The zero-order valence-electron chi connectivity index (χ0n) is 16.9. The maximum absolute atomic E-state index is 12.3. The van der Waals surface area contributed by atoms with Crippen molar-refractivity contribution in [1.29, 1.82) is 0 Å². The number of ether oxygens (including phenoxy) is 2. The normalized spacial score (nSPS) is 10.9. The summed E-state index contributed by atoms with van der Waals surface area (Å²) in [6.45, 7) is 2.76. The van der Waals surface area contributed by atoms with Crippen LogP contribution in [-0.2, 0) is 6.61 Å². The number of nitrogens with one attached hydrogen (secondary N) is 1. The first-order valence-corrected chi connectivity index (χ1v) is 11.8. The molecule has 3 aromatic rings. The molecule has 9 heteroatoms. The van der Waals surface area contributed by atoms with Crippen LogP contribution in [-0.4, -0.2) is 18.7 Å². The van der Waals surface area contributed by atoms with Crippen LogP contribution in [0.5, 0.6) is 11.5 Å². The summed E-state index contributed by atoms with van der Waals surface area (Å²) in [5.74, 6) is 0.718. The largest absolute Gasteiger partial charge is 0.490 e. The molecule has 3 rings (SSSR count). The van der Waals surface area contributed by atoms with Gasteiger partial charge in [-0.1, -0.05) is 51.3 Å². The zero-order chi connectivity index (χ0) is 23.1. The Morgan fingerprint density at radius 2 is 1.75 bits per heavy atom. The third kappa shape index (κ3) is 6.72. The van der Waals surface area contributed by atoms with Crippen LogP contribution in [0.2, 0.25) is 10.0 Å². The van der Waals surface area contributed by atoms with Gasteiger partial charge in [-0.05, 0) is 70.9 Å². The van der Waals surface area contributed by atoms with Crippen LogP contribution in [0.1, 0.15) is 28.4 Å². The molecule has 0 aliphatic rings. The molecule has 0 saturated heterocycles. The Morgan fingerprint density at radius 3 is 2.44 bits per heavy atom. The van der Waals surface area contributed by atoms with E-state index in [0.29, 0.717) is 35.3 Å². The molecule has 1 N–H and O–H groups in total. The highest BCUT2D eigenvalue weighted by molar-refractivity contribution is 9.10. The average Bonchev–Trinajstić information content (AvgIpc) is 2.75. The molecule has 32 heavy (non-hydrogen) atoms. The Kier molecular flexibility index (Phi) is 8.99. The van der Waals surface area contributed by atoms with Gasteiger partial charge in [-0.15, -0.1) is 0 Å². The second kappa shape index (κ2) is 11.7. The summed E-state index contributed by atoms with van der Waals surface area (Å²) in [5, 5.41) is 4.72. The van der Waals surface area contributed by atoms with Gasteiger partial charge >= 0.3 is 0 Å². The number of carbonyl (C=O) groups is 1. The summed E-state index contributed by atoms with van der Waals surface area (Å²) in [6, 6.07) is 16.1. The lowest BCUT2D eigenvalue weighted by atomic mass is 10.2. The Bertz CT molecular complexity index is 1140. The minimum absolute atomic E-state index is 0.247. The minimum atomic E-state index is -0.446. The van der Waals surface area contributed by atoms with Crippen LogP contribution in [0.25, 0.3) is 0 Å². The lowest BCUT2D eigenvalue weighted by Crippen LogP contribution is -2.18. The van der Waals surface area contributed by atoms with Crippen molar-refractivity contribution in [1.82, 2.24) is 5.43 Å². The molecule has 0 fully saturated rings. The Morgan fingerprint density at radius 1 is 1.03 bits per heavy atom. The van der Waals surface area contributed by atoms with Crippen molar-refractivity contribution in [3.05, 3.63) is 90.3 Å². The first-order valence-electron chi connectivity index (χ1n) is 9.49. The van der Waals surface area contributed by atoms with Gasteiger partial charge in [-0.2, -0.15) is 5.10 Å². The number of rotatable bonds is 8. The Balaban J connectivity index is 1.72. The van der Waals surface area contributed by atoms with Crippen molar-refractivity contribution in [2.75, 3.05) is 6.61 Å². The molecule has 0 aromatic heterocycles. The number of nitrogens with zero attached hydrogens (tertiary/aromatic N) is 1. The quantitative estimate of drug-likeness (QED) is 0.219. The Hall–Kier alpha value is -2.06. The van der Waals surface area contributed by atoms with Gasteiger partial charge in [-0.3, -0.25) is 4.79 Å². The second-order valence-corrected chi connectivity index (χ2v) is 9.11. The molecule has 0 heterocycles. The molecule has 0 aliphatic heterocycles. The van der Waals surface area contributed by atoms with Crippen molar-refractivity contribution in [3.8, 4) is 11.5 Å². The van der Waals surface area contributed by atoms with Crippen LogP contribution in [0.3, 0.4) is 0 Å². The number of halogens is 4. The SMILES string of the molecule is CCOc1cc(/C=N\NC(=O)c2ccc(Cl)cc2Cl)c(Br)cc1OCc1ccc(Br)cc1. The second-order valence-electron chi connectivity index (χ2n) is 6.49. The van der Waals surface area contributed by atoms with Gasteiger partial charge in [0.25, 0.3) is 5.91 Å². The summed E-state index contributed by atoms with van der Waals surface area (Å²) in [4.78, 5) is 12.3. The molecule has 0 unspecified atom stereocenters. The van der Waals surface area contributed by atoms with Crippen LogP contribution >= 0.6 is 55.1 Å². The third-order valence-corrected chi connectivity index (χ3v) is 5.98. The van der Waals surface area contributed by atoms with Gasteiger partial charge in [0.2, 0.25) is 0 Å². The fraction of sp³-hybridized carbons (Fsp3) is 0.130. The number of hydrogen-bond acceptors (Lipinski definition) is 4. The smallest absolute Gasteiger partial charge is 0.272 e. The molecule has 3 aromatic carbocycles. The van der Waals surface area contributed by atoms with E-state index in [2.05, 4.69) is 42.4 Å². The number of amides is 1. The maximum Gasteiger partial charge on any atom is 0.272 e. The van der Waals surface area contributed by atoms with E-state index >= 15 is 0 Å². The van der Waals surface area contributed by atoms with E-state index in [-0.39, 0.29) is 10.6 Å². The molecule has 0 atom stereocenters. The highest BCUT2D eigenvalue weighted by Gasteiger charge is 2.12. The van der Waals surface area contributed by atoms with Crippen molar-refractivity contribution >= 4 is 67.2 Å². The summed E-state index contributed by atoms with van der Waals surface area (Å²) in [5.41, 5.74) is 4.46. The molecular formula is C23H18Br2Cl2N2O3. The molecule has 0 radical (unpaired) electrons. The zero-order valence-corrected chi connectivity index (χ0v) is 21.6. The number of hydrogen-bond donors (Lipinski definition) is 1. The first kappa shape index (κ1) is 24.6. The molecule has 0 saturated carbocycles. The predicted molar refractivity (Wildman–Crippen MR) is 135 cm³/mol. The van der Waals surface area contributed by atoms with E-state index < -0.39 is 5.91 Å². The first-order chi connectivity index (χ1) is 15.4. The van der Waals surface area contributed by atoms with Crippen molar-refractivity contribution in [2.24, 2.45) is 5.10 Å². The molecule has 0 bridgehead atoms. The van der Waals surface area contributed by atoms with E-state index in [1.54, 1.807) is 12.1 Å². The number of hydrazone groups is 1. The monoisotopic (exact) mass is 598 g/mol. The van der Waals surface area contributed by atoms with Crippen molar-refractivity contribution in [2.45, 2.75) is 13.5 Å². The van der Waals surface area contributed by atoms with Crippen LogP contribution in [0.4, 0.5) is 0 Å². The lowest BCUT2D eigenvalue weighted by molar-refractivity contribution is 0.0955.